The topological polar surface area (TPSA) is 51.3 Å². The van der Waals surface area contributed by atoms with E-state index in [1.54, 1.807) is 0 Å². The van der Waals surface area contributed by atoms with Gasteiger partial charge >= 0.3 is 0 Å². The van der Waals surface area contributed by atoms with Gasteiger partial charge in [-0.25, -0.2) is 8.78 Å². The number of nitrogens with two attached hydrogens (primary N) is 1. The summed E-state index contributed by atoms with van der Waals surface area (Å²) in [4.78, 5) is 7.49. The third kappa shape index (κ3) is 2.46. The molecule has 0 saturated carbocycles. The van der Waals surface area contributed by atoms with Gasteiger partial charge in [-0.15, -0.1) is 0 Å². The first-order valence-corrected chi connectivity index (χ1v) is 5.34. The SMILES string of the molecule is Nc1c(F)cncc1C=Nc1c(F)cccc1Cl. The minimum atomic E-state index is -0.654. The van der Waals surface area contributed by atoms with E-state index in [1.807, 2.05) is 0 Å². The van der Waals surface area contributed by atoms with E-state index in [2.05, 4.69) is 9.98 Å². The lowest BCUT2D eigenvalue weighted by Gasteiger charge is -2.01. The van der Waals surface area contributed by atoms with Gasteiger partial charge < -0.3 is 5.73 Å². The van der Waals surface area contributed by atoms with E-state index in [0.717, 1.165) is 6.20 Å². The highest BCUT2D eigenvalue weighted by Crippen LogP contribution is 2.27. The number of rotatable bonds is 2. The van der Waals surface area contributed by atoms with Crippen molar-refractivity contribution in [3.05, 3.63) is 52.8 Å². The van der Waals surface area contributed by atoms with Crippen LogP contribution in [0.25, 0.3) is 0 Å². The number of hydrogen-bond acceptors (Lipinski definition) is 3. The smallest absolute Gasteiger partial charge is 0.164 e. The summed E-state index contributed by atoms with van der Waals surface area (Å²) in [6.07, 6.45) is 3.54. The van der Waals surface area contributed by atoms with Crippen molar-refractivity contribution in [1.29, 1.82) is 0 Å². The Labute approximate surface area is 107 Å². The molecule has 0 amide bonds. The molecule has 0 radical (unpaired) electrons. The molecule has 0 aliphatic rings. The summed E-state index contributed by atoms with van der Waals surface area (Å²) < 4.78 is 26.5. The number of halogens is 3. The molecular weight excluding hydrogens is 260 g/mol. The molecule has 2 rings (SSSR count). The van der Waals surface area contributed by atoms with Crippen LogP contribution in [-0.2, 0) is 0 Å². The van der Waals surface area contributed by atoms with Crippen molar-refractivity contribution in [2.75, 3.05) is 5.73 Å². The van der Waals surface area contributed by atoms with Crippen molar-refractivity contribution in [2.24, 2.45) is 4.99 Å². The predicted molar refractivity (Wildman–Crippen MR) is 67.3 cm³/mol. The average molecular weight is 268 g/mol. The van der Waals surface area contributed by atoms with E-state index >= 15 is 0 Å². The van der Waals surface area contributed by atoms with Gasteiger partial charge in [0.15, 0.2) is 5.82 Å². The van der Waals surface area contributed by atoms with Crippen molar-refractivity contribution in [3.8, 4) is 0 Å². The Bertz CT molecular complexity index is 594. The monoisotopic (exact) mass is 267 g/mol. The van der Waals surface area contributed by atoms with Crippen LogP contribution >= 0.6 is 11.6 Å². The molecule has 6 heteroatoms. The second-order valence-electron chi connectivity index (χ2n) is 3.45. The molecule has 0 spiro atoms. The molecular formula is C12H8ClF2N3. The zero-order chi connectivity index (χ0) is 13.1. The normalized spacial score (nSPS) is 11.1. The summed E-state index contributed by atoms with van der Waals surface area (Å²) >= 11 is 5.79. The van der Waals surface area contributed by atoms with Gasteiger partial charge in [0.2, 0.25) is 0 Å². The van der Waals surface area contributed by atoms with Crippen LogP contribution in [0.2, 0.25) is 5.02 Å². The molecule has 0 saturated heterocycles. The fourth-order valence-electron chi connectivity index (χ4n) is 1.31. The van der Waals surface area contributed by atoms with Crippen LogP contribution in [0, 0.1) is 11.6 Å². The van der Waals surface area contributed by atoms with Gasteiger partial charge in [-0.05, 0) is 12.1 Å². The summed E-state index contributed by atoms with van der Waals surface area (Å²) in [6.45, 7) is 0. The average Bonchev–Trinajstić information content (AvgIpc) is 2.33. The molecule has 0 aliphatic heterocycles. The molecule has 1 aromatic heterocycles. The highest BCUT2D eigenvalue weighted by Gasteiger charge is 2.06. The first kappa shape index (κ1) is 12.4. The quantitative estimate of drug-likeness (QED) is 0.849. The third-order valence-corrected chi connectivity index (χ3v) is 2.55. The molecule has 2 aromatic rings. The number of hydrogen-bond donors (Lipinski definition) is 1. The Balaban J connectivity index is 2.39. The van der Waals surface area contributed by atoms with E-state index in [9.17, 15) is 8.78 Å². The van der Waals surface area contributed by atoms with Crippen molar-refractivity contribution in [2.45, 2.75) is 0 Å². The van der Waals surface area contributed by atoms with E-state index in [-0.39, 0.29) is 22.0 Å². The van der Waals surface area contributed by atoms with Crippen LogP contribution in [0.3, 0.4) is 0 Å². The van der Waals surface area contributed by atoms with E-state index < -0.39 is 11.6 Å². The van der Waals surface area contributed by atoms with Crippen LogP contribution in [0.1, 0.15) is 5.56 Å². The van der Waals surface area contributed by atoms with E-state index in [1.165, 1.54) is 30.6 Å². The van der Waals surface area contributed by atoms with Gasteiger partial charge in [-0.3, -0.25) is 9.98 Å². The Morgan fingerprint density at radius 3 is 2.72 bits per heavy atom. The zero-order valence-electron chi connectivity index (χ0n) is 9.07. The number of pyridine rings is 1. The molecule has 1 heterocycles. The van der Waals surface area contributed by atoms with Gasteiger partial charge in [0.05, 0.1) is 16.9 Å². The molecule has 0 fully saturated rings. The Morgan fingerprint density at radius 1 is 1.22 bits per heavy atom. The molecule has 18 heavy (non-hydrogen) atoms. The second-order valence-corrected chi connectivity index (χ2v) is 3.86. The standard InChI is InChI=1S/C12H8ClF2N3/c13-8-2-1-3-9(14)12(8)18-5-7-4-17-6-10(15)11(7)16/h1-6H,(H2,16,17). The maximum Gasteiger partial charge on any atom is 0.164 e. The Kier molecular flexibility index (Phi) is 3.53. The fraction of sp³-hybridized carbons (Fsp3) is 0. The lowest BCUT2D eigenvalue weighted by atomic mass is 10.2. The molecule has 2 N–H and O–H groups in total. The van der Waals surface area contributed by atoms with Gasteiger partial charge in [0.25, 0.3) is 0 Å². The maximum absolute atomic E-state index is 13.4. The molecule has 0 atom stereocenters. The van der Waals surface area contributed by atoms with Crippen LogP contribution in [0.4, 0.5) is 20.2 Å². The van der Waals surface area contributed by atoms with Gasteiger partial charge in [-0.2, -0.15) is 0 Å². The molecule has 0 unspecified atom stereocenters. The van der Waals surface area contributed by atoms with Crippen molar-refractivity contribution >= 4 is 29.2 Å². The summed E-state index contributed by atoms with van der Waals surface area (Å²) in [5.41, 5.74) is 5.63. The third-order valence-electron chi connectivity index (χ3n) is 2.24. The lowest BCUT2D eigenvalue weighted by molar-refractivity contribution is 0.626. The largest absolute Gasteiger partial charge is 0.396 e. The van der Waals surface area contributed by atoms with Crippen LogP contribution in [0.15, 0.2) is 35.6 Å². The first-order valence-electron chi connectivity index (χ1n) is 4.96. The number of aromatic nitrogens is 1. The van der Waals surface area contributed by atoms with Gasteiger partial charge in [0.1, 0.15) is 11.5 Å². The molecule has 92 valence electrons. The Morgan fingerprint density at radius 2 is 2.00 bits per heavy atom. The first-order chi connectivity index (χ1) is 8.59. The number of para-hydroxylation sites is 1. The highest BCUT2D eigenvalue weighted by molar-refractivity contribution is 6.33. The van der Waals surface area contributed by atoms with E-state index in [4.69, 9.17) is 17.3 Å². The van der Waals surface area contributed by atoms with Crippen LogP contribution in [-0.4, -0.2) is 11.2 Å². The molecule has 3 nitrogen and oxygen atoms in total. The zero-order valence-corrected chi connectivity index (χ0v) is 9.83. The van der Waals surface area contributed by atoms with Crippen molar-refractivity contribution in [1.82, 2.24) is 4.98 Å². The van der Waals surface area contributed by atoms with Crippen LogP contribution < -0.4 is 5.73 Å². The summed E-state index contributed by atoms with van der Waals surface area (Å²) in [6, 6.07) is 4.20. The molecule has 0 aliphatic carbocycles. The fourth-order valence-corrected chi connectivity index (χ4v) is 1.52. The molecule has 0 bridgehead atoms. The summed E-state index contributed by atoms with van der Waals surface area (Å²) in [5, 5.41) is 0.161. The number of benzene rings is 1. The van der Waals surface area contributed by atoms with E-state index in [0.29, 0.717) is 0 Å². The summed E-state index contributed by atoms with van der Waals surface area (Å²) in [7, 11) is 0. The van der Waals surface area contributed by atoms with Crippen LogP contribution in [0.5, 0.6) is 0 Å². The minimum Gasteiger partial charge on any atom is -0.396 e. The number of nitrogen functional groups attached to an aromatic ring is 1. The highest BCUT2D eigenvalue weighted by atomic mass is 35.5. The predicted octanol–water partition coefficient (Wildman–Crippen LogP) is 3.35. The molecule has 1 aromatic carbocycles. The number of nitrogens with zero attached hydrogens (tertiary/aromatic N) is 2. The van der Waals surface area contributed by atoms with Crippen molar-refractivity contribution in [3.63, 3.8) is 0 Å². The summed E-state index contributed by atoms with van der Waals surface area (Å²) in [5.74, 6) is -1.22. The number of anilines is 1. The maximum atomic E-state index is 13.4. The number of aliphatic imine (C=N–C) groups is 1. The van der Waals surface area contributed by atoms with Crippen molar-refractivity contribution < 1.29 is 8.78 Å². The second kappa shape index (κ2) is 5.10. The van der Waals surface area contributed by atoms with Gasteiger partial charge in [0, 0.05) is 18.0 Å². The lowest BCUT2D eigenvalue weighted by Crippen LogP contribution is -1.98. The van der Waals surface area contributed by atoms with Gasteiger partial charge in [-0.1, -0.05) is 17.7 Å². The Hall–Kier alpha value is -2.01. The minimum absolute atomic E-state index is 0.0252.